The van der Waals surface area contributed by atoms with Crippen molar-refractivity contribution < 1.29 is 0 Å². The van der Waals surface area contributed by atoms with E-state index < -0.39 is 0 Å². The lowest BCUT2D eigenvalue weighted by Gasteiger charge is -2.21. The molecule has 0 fully saturated rings. The largest absolute Gasteiger partial charge is 0.354 e. The van der Waals surface area contributed by atoms with Crippen molar-refractivity contribution in [3.63, 3.8) is 0 Å². The van der Waals surface area contributed by atoms with Gasteiger partial charge < -0.3 is 4.98 Å². The van der Waals surface area contributed by atoms with Crippen LogP contribution in [0.5, 0.6) is 0 Å². The van der Waals surface area contributed by atoms with Crippen LogP contribution in [0.2, 0.25) is 0 Å². The van der Waals surface area contributed by atoms with Crippen LogP contribution in [0.1, 0.15) is 23.1 Å². The molecule has 0 aliphatic heterocycles. The number of rotatable bonds is 0. The zero-order valence-electron chi connectivity index (χ0n) is 12.7. The van der Waals surface area contributed by atoms with Crippen molar-refractivity contribution >= 4 is 27.4 Å². The molecule has 108 valence electrons. The zero-order chi connectivity index (χ0) is 15.0. The summed E-state index contributed by atoms with van der Waals surface area (Å²) < 4.78 is 0. The molecule has 1 heterocycles. The summed E-state index contributed by atoms with van der Waals surface area (Å²) in [6.45, 7) is 0. The van der Waals surface area contributed by atoms with Crippen LogP contribution in [0.4, 0.5) is 0 Å². The minimum absolute atomic E-state index is 1.13. The normalized spacial score (nSPS) is 14.9. The topological polar surface area (TPSA) is 15.8 Å². The molecule has 0 spiro atoms. The van der Waals surface area contributed by atoms with Gasteiger partial charge in [0, 0.05) is 21.8 Å². The van der Waals surface area contributed by atoms with Gasteiger partial charge in [0.2, 0.25) is 0 Å². The van der Waals surface area contributed by atoms with Gasteiger partial charge in [-0.3, -0.25) is 0 Å². The predicted molar refractivity (Wildman–Crippen MR) is 96.6 cm³/mol. The Morgan fingerprint density at radius 3 is 2.26 bits per heavy atom. The van der Waals surface area contributed by atoms with Gasteiger partial charge in [0.25, 0.3) is 0 Å². The van der Waals surface area contributed by atoms with E-state index in [1.807, 2.05) is 0 Å². The van der Waals surface area contributed by atoms with Gasteiger partial charge in [-0.25, -0.2) is 0 Å². The first-order valence-electron chi connectivity index (χ1n) is 8.28. The van der Waals surface area contributed by atoms with E-state index in [1.165, 1.54) is 55.2 Å². The summed E-state index contributed by atoms with van der Waals surface area (Å²) >= 11 is 0. The highest BCUT2D eigenvalue weighted by molar-refractivity contribution is 6.21. The number of aromatic amines is 1. The highest BCUT2D eigenvalue weighted by atomic mass is 14.7. The monoisotopic (exact) mass is 293 g/mol. The third kappa shape index (κ3) is 1.34. The van der Waals surface area contributed by atoms with Crippen molar-refractivity contribution in [2.24, 2.45) is 0 Å². The second-order valence-electron chi connectivity index (χ2n) is 6.58. The molecule has 0 radical (unpaired) electrons. The number of hydrogen-bond donors (Lipinski definition) is 1. The number of benzene rings is 3. The Hall–Kier alpha value is -2.80. The number of aryl methyl sites for hydroxylation is 1. The summed E-state index contributed by atoms with van der Waals surface area (Å²) in [6.07, 6.45) is 4.71. The molecule has 23 heavy (non-hydrogen) atoms. The fourth-order valence-corrected chi connectivity index (χ4v) is 4.52. The molecule has 1 heteroatoms. The Labute approximate surface area is 134 Å². The Balaban J connectivity index is 1.98. The van der Waals surface area contributed by atoms with Crippen LogP contribution >= 0.6 is 0 Å². The molecule has 0 saturated heterocycles. The lowest BCUT2D eigenvalue weighted by Crippen LogP contribution is -2.02. The van der Waals surface area contributed by atoms with E-state index in [0.29, 0.717) is 0 Å². The van der Waals surface area contributed by atoms with Crippen molar-refractivity contribution in [2.75, 3.05) is 0 Å². The van der Waals surface area contributed by atoms with Crippen molar-refractivity contribution in [2.45, 2.75) is 12.8 Å². The molecule has 1 aromatic heterocycles. The van der Waals surface area contributed by atoms with Gasteiger partial charge in [-0.15, -0.1) is 0 Å². The minimum atomic E-state index is 1.13. The quantitative estimate of drug-likeness (QED) is 0.378. The third-order valence-electron chi connectivity index (χ3n) is 5.41. The second-order valence-corrected chi connectivity index (χ2v) is 6.58. The van der Waals surface area contributed by atoms with Crippen molar-refractivity contribution in [3.05, 3.63) is 77.4 Å². The molecule has 2 aliphatic rings. The Bertz CT molecular complexity index is 1160. The Morgan fingerprint density at radius 1 is 0.696 bits per heavy atom. The molecular weight excluding hydrogens is 278 g/mol. The third-order valence-corrected chi connectivity index (χ3v) is 5.41. The van der Waals surface area contributed by atoms with E-state index in [1.54, 1.807) is 0 Å². The maximum absolute atomic E-state index is 3.61. The zero-order valence-corrected chi connectivity index (χ0v) is 12.7. The summed E-state index contributed by atoms with van der Waals surface area (Å²) in [5, 5.41) is 2.76. The first kappa shape index (κ1) is 11.7. The van der Waals surface area contributed by atoms with Crippen LogP contribution in [0.3, 0.4) is 0 Å². The highest BCUT2D eigenvalue weighted by Crippen LogP contribution is 2.48. The molecular formula is C22H15N. The molecule has 0 bridgehead atoms. The average Bonchev–Trinajstić information content (AvgIpc) is 2.93. The van der Waals surface area contributed by atoms with E-state index in [2.05, 4.69) is 65.7 Å². The number of fused-ring (bicyclic) bond motifs is 2. The number of allylic oxidation sites excluding steroid dienone is 1. The Morgan fingerprint density at radius 2 is 1.39 bits per heavy atom. The Kier molecular flexibility index (Phi) is 2.01. The first-order valence-corrected chi connectivity index (χ1v) is 8.28. The molecule has 2 aliphatic carbocycles. The summed E-state index contributed by atoms with van der Waals surface area (Å²) in [7, 11) is 0. The van der Waals surface area contributed by atoms with Crippen LogP contribution in [-0.4, -0.2) is 4.98 Å². The van der Waals surface area contributed by atoms with Crippen LogP contribution < -0.4 is 0 Å². The van der Waals surface area contributed by atoms with Gasteiger partial charge in [0.1, 0.15) is 0 Å². The van der Waals surface area contributed by atoms with E-state index >= 15 is 0 Å². The van der Waals surface area contributed by atoms with E-state index in [-0.39, 0.29) is 0 Å². The summed E-state index contributed by atoms with van der Waals surface area (Å²) in [5.74, 6) is 0. The van der Waals surface area contributed by atoms with Gasteiger partial charge >= 0.3 is 0 Å². The first-order chi connectivity index (χ1) is 11.4. The molecule has 6 rings (SSSR count). The molecule has 1 nitrogen and oxygen atoms in total. The summed E-state index contributed by atoms with van der Waals surface area (Å²) in [5.41, 5.74) is 11.0. The van der Waals surface area contributed by atoms with Gasteiger partial charge in [-0.2, -0.15) is 0 Å². The molecule has 0 atom stereocenters. The SMILES string of the molecule is C1=C2c3c(cccc3-c3cccc4[nH]c5cccc2c5c34)CC1. The van der Waals surface area contributed by atoms with Crippen LogP contribution in [0.25, 0.3) is 38.5 Å². The lowest BCUT2D eigenvalue weighted by atomic mass is 9.83. The molecule has 3 aromatic carbocycles. The number of aromatic nitrogens is 1. The fraction of sp³-hybridized carbons (Fsp3) is 0.0909. The van der Waals surface area contributed by atoms with Crippen LogP contribution in [-0.2, 0) is 6.42 Å². The van der Waals surface area contributed by atoms with Crippen molar-refractivity contribution in [3.8, 4) is 11.1 Å². The average molecular weight is 293 g/mol. The van der Waals surface area contributed by atoms with Gasteiger partial charge in [-0.1, -0.05) is 48.5 Å². The highest BCUT2D eigenvalue weighted by Gasteiger charge is 2.26. The van der Waals surface area contributed by atoms with Crippen molar-refractivity contribution in [1.82, 2.24) is 4.98 Å². The lowest BCUT2D eigenvalue weighted by molar-refractivity contribution is 0.979. The number of H-pyrrole nitrogens is 1. The van der Waals surface area contributed by atoms with E-state index in [9.17, 15) is 0 Å². The molecule has 0 saturated carbocycles. The fourth-order valence-electron chi connectivity index (χ4n) is 4.52. The van der Waals surface area contributed by atoms with Crippen LogP contribution in [0, 0.1) is 0 Å². The van der Waals surface area contributed by atoms with Crippen molar-refractivity contribution in [1.29, 1.82) is 0 Å². The molecule has 4 aromatic rings. The van der Waals surface area contributed by atoms with Gasteiger partial charge in [0.05, 0.1) is 0 Å². The number of hydrogen-bond acceptors (Lipinski definition) is 0. The smallest absolute Gasteiger partial charge is 0.0471 e. The summed E-state index contributed by atoms with van der Waals surface area (Å²) in [4.78, 5) is 3.61. The molecule has 0 amide bonds. The molecule has 1 N–H and O–H groups in total. The minimum Gasteiger partial charge on any atom is -0.354 e. The summed E-state index contributed by atoms with van der Waals surface area (Å²) in [6, 6.07) is 20.1. The van der Waals surface area contributed by atoms with E-state index in [4.69, 9.17) is 0 Å². The van der Waals surface area contributed by atoms with Gasteiger partial charge in [0.15, 0.2) is 0 Å². The second kappa shape index (κ2) is 3.94. The van der Waals surface area contributed by atoms with Crippen LogP contribution in [0.15, 0.2) is 60.7 Å². The number of nitrogens with one attached hydrogen (secondary N) is 1. The predicted octanol–water partition coefficient (Wildman–Crippen LogP) is 5.68. The maximum Gasteiger partial charge on any atom is 0.0471 e. The van der Waals surface area contributed by atoms with E-state index in [0.717, 1.165) is 12.8 Å². The standard InChI is InChI=1S/C22H15N/c1-5-13-6-2-8-15-17-10-4-12-19-22(17)21-16(14(7-1)20(13)15)9-3-11-18(21)23-19/h1,3-5,7-12,23H,2,6H2. The maximum atomic E-state index is 3.61. The molecule has 0 unspecified atom stereocenters. The van der Waals surface area contributed by atoms with Gasteiger partial charge in [-0.05, 0) is 58.4 Å².